The lowest BCUT2D eigenvalue weighted by Crippen LogP contribution is -2.26. The minimum absolute atomic E-state index is 0.0552. The summed E-state index contributed by atoms with van der Waals surface area (Å²) in [5, 5.41) is 0. The van der Waals surface area contributed by atoms with Gasteiger partial charge in [-0.05, 0) is 47.9 Å². The maximum atomic E-state index is 12.2. The molecule has 0 N–H and O–H groups in total. The smallest absolute Gasteiger partial charge is 0.159 e. The molecule has 2 aromatic carbocycles. The zero-order valence-corrected chi connectivity index (χ0v) is 13.2. The highest BCUT2D eigenvalue weighted by Gasteiger charge is 2.24. The molecule has 1 aliphatic rings. The fourth-order valence-corrected chi connectivity index (χ4v) is 2.75. The van der Waals surface area contributed by atoms with Gasteiger partial charge >= 0.3 is 0 Å². The van der Waals surface area contributed by atoms with E-state index in [1.807, 2.05) is 60.7 Å². The van der Waals surface area contributed by atoms with Crippen LogP contribution in [0.2, 0.25) is 0 Å². The van der Waals surface area contributed by atoms with E-state index in [9.17, 15) is 4.79 Å². The first-order valence-electron chi connectivity index (χ1n) is 7.84. The van der Waals surface area contributed by atoms with E-state index in [0.717, 1.165) is 29.1 Å². The normalized spacial score (nSPS) is 19.6. The molecule has 23 heavy (non-hydrogen) atoms. The van der Waals surface area contributed by atoms with Gasteiger partial charge in [0.1, 0.15) is 17.6 Å². The number of Topliss-reactive ketones (excluding diaryl/α,β-unsaturated/α-hetero) is 1. The third-order valence-electron chi connectivity index (χ3n) is 4.00. The van der Waals surface area contributed by atoms with Crippen LogP contribution in [0.3, 0.4) is 0 Å². The molecule has 3 heteroatoms. The van der Waals surface area contributed by atoms with Gasteiger partial charge in [0.15, 0.2) is 5.78 Å². The van der Waals surface area contributed by atoms with Crippen molar-refractivity contribution in [3.63, 3.8) is 0 Å². The first-order chi connectivity index (χ1) is 11.2. The second-order valence-corrected chi connectivity index (χ2v) is 5.66. The fourth-order valence-electron chi connectivity index (χ4n) is 2.75. The number of hydrogen-bond donors (Lipinski definition) is 0. The predicted molar refractivity (Wildman–Crippen MR) is 90.7 cm³/mol. The van der Waals surface area contributed by atoms with Crippen LogP contribution in [0.1, 0.15) is 24.8 Å². The number of methoxy groups -OCH3 is 1. The molecule has 2 aromatic rings. The second kappa shape index (κ2) is 7.14. The summed E-state index contributed by atoms with van der Waals surface area (Å²) in [4.78, 5) is 12.2. The topological polar surface area (TPSA) is 35.5 Å². The number of ketones is 1. The molecule has 0 amide bonds. The molecule has 0 spiro atoms. The minimum Gasteiger partial charge on any atom is -0.497 e. The summed E-state index contributed by atoms with van der Waals surface area (Å²) in [6, 6.07) is 17.5. The van der Waals surface area contributed by atoms with Gasteiger partial charge in [0, 0.05) is 12.8 Å². The van der Waals surface area contributed by atoms with Crippen molar-refractivity contribution in [2.45, 2.75) is 25.4 Å². The molecule has 3 nitrogen and oxygen atoms in total. The van der Waals surface area contributed by atoms with Crippen molar-refractivity contribution in [2.24, 2.45) is 0 Å². The number of ether oxygens (including phenoxy) is 2. The SMILES string of the molecule is COc1ccc(C=C2CC(Oc3ccccc3)CCC2=O)cc1. The molecule has 0 heterocycles. The Morgan fingerprint density at radius 3 is 2.43 bits per heavy atom. The highest BCUT2D eigenvalue weighted by Crippen LogP contribution is 2.27. The van der Waals surface area contributed by atoms with E-state index in [1.54, 1.807) is 7.11 Å². The Balaban J connectivity index is 1.72. The van der Waals surface area contributed by atoms with Gasteiger partial charge in [0.2, 0.25) is 0 Å². The summed E-state index contributed by atoms with van der Waals surface area (Å²) < 4.78 is 11.2. The quantitative estimate of drug-likeness (QED) is 0.791. The van der Waals surface area contributed by atoms with Gasteiger partial charge in [0.05, 0.1) is 7.11 Å². The second-order valence-electron chi connectivity index (χ2n) is 5.66. The van der Waals surface area contributed by atoms with Crippen molar-refractivity contribution in [1.82, 2.24) is 0 Å². The molecule has 1 unspecified atom stereocenters. The zero-order chi connectivity index (χ0) is 16.1. The van der Waals surface area contributed by atoms with Crippen molar-refractivity contribution in [3.05, 3.63) is 65.7 Å². The van der Waals surface area contributed by atoms with Crippen LogP contribution in [0.5, 0.6) is 11.5 Å². The summed E-state index contributed by atoms with van der Waals surface area (Å²) in [6.45, 7) is 0. The van der Waals surface area contributed by atoms with E-state index < -0.39 is 0 Å². The summed E-state index contributed by atoms with van der Waals surface area (Å²) in [6.07, 6.45) is 3.98. The van der Waals surface area contributed by atoms with Gasteiger partial charge in [-0.1, -0.05) is 30.3 Å². The number of para-hydroxylation sites is 1. The molecular formula is C20H20O3. The average molecular weight is 308 g/mol. The largest absolute Gasteiger partial charge is 0.497 e. The third-order valence-corrected chi connectivity index (χ3v) is 4.00. The average Bonchev–Trinajstić information content (AvgIpc) is 2.59. The first-order valence-corrected chi connectivity index (χ1v) is 7.84. The molecule has 0 aliphatic heterocycles. The van der Waals surface area contributed by atoms with Crippen LogP contribution in [0.4, 0.5) is 0 Å². The molecular weight excluding hydrogens is 288 g/mol. The van der Waals surface area contributed by atoms with E-state index in [0.29, 0.717) is 12.8 Å². The van der Waals surface area contributed by atoms with Crippen molar-refractivity contribution in [3.8, 4) is 11.5 Å². The lowest BCUT2D eigenvalue weighted by Gasteiger charge is -2.24. The maximum Gasteiger partial charge on any atom is 0.159 e. The van der Waals surface area contributed by atoms with E-state index in [2.05, 4.69) is 0 Å². The molecule has 1 saturated carbocycles. The Kier molecular flexibility index (Phi) is 4.77. The zero-order valence-electron chi connectivity index (χ0n) is 13.2. The highest BCUT2D eigenvalue weighted by molar-refractivity contribution is 6.00. The summed E-state index contributed by atoms with van der Waals surface area (Å²) in [5.41, 5.74) is 1.84. The van der Waals surface area contributed by atoms with Crippen molar-refractivity contribution >= 4 is 11.9 Å². The third kappa shape index (κ3) is 4.01. The van der Waals surface area contributed by atoms with Crippen LogP contribution in [0.15, 0.2) is 60.2 Å². The molecule has 118 valence electrons. The van der Waals surface area contributed by atoms with Crippen molar-refractivity contribution in [2.75, 3.05) is 7.11 Å². The Bertz CT molecular complexity index is 687. The first kappa shape index (κ1) is 15.3. The number of benzene rings is 2. The number of hydrogen-bond acceptors (Lipinski definition) is 3. The van der Waals surface area contributed by atoms with Crippen LogP contribution < -0.4 is 9.47 Å². The van der Waals surface area contributed by atoms with Crippen LogP contribution in [0, 0.1) is 0 Å². The summed E-state index contributed by atoms with van der Waals surface area (Å²) in [7, 11) is 1.64. The van der Waals surface area contributed by atoms with Gasteiger partial charge in [-0.25, -0.2) is 0 Å². The molecule has 0 bridgehead atoms. The standard InChI is InChI=1S/C20H20O3/c1-22-17-9-7-15(8-10-17)13-16-14-19(11-12-20(16)21)23-18-5-3-2-4-6-18/h2-10,13,19H,11-12,14H2,1H3. The molecule has 0 saturated heterocycles. The van der Waals surface area contributed by atoms with Crippen LogP contribution in [0.25, 0.3) is 6.08 Å². The molecule has 0 aromatic heterocycles. The number of rotatable bonds is 4. The van der Waals surface area contributed by atoms with E-state index in [4.69, 9.17) is 9.47 Å². The molecule has 1 fully saturated rings. The lowest BCUT2D eigenvalue weighted by atomic mass is 9.90. The molecule has 1 aliphatic carbocycles. The van der Waals surface area contributed by atoms with Gasteiger partial charge < -0.3 is 9.47 Å². The number of carbonyl (C=O) groups is 1. The Morgan fingerprint density at radius 2 is 1.74 bits per heavy atom. The van der Waals surface area contributed by atoms with Crippen molar-refractivity contribution in [1.29, 1.82) is 0 Å². The van der Waals surface area contributed by atoms with Crippen LogP contribution in [-0.4, -0.2) is 19.0 Å². The van der Waals surface area contributed by atoms with Crippen LogP contribution >= 0.6 is 0 Å². The van der Waals surface area contributed by atoms with Gasteiger partial charge in [-0.3, -0.25) is 4.79 Å². The Hall–Kier alpha value is -2.55. The monoisotopic (exact) mass is 308 g/mol. The van der Waals surface area contributed by atoms with Gasteiger partial charge in [0.25, 0.3) is 0 Å². The van der Waals surface area contributed by atoms with Crippen molar-refractivity contribution < 1.29 is 14.3 Å². The van der Waals surface area contributed by atoms with Gasteiger partial charge in [-0.2, -0.15) is 0 Å². The molecule has 1 atom stereocenters. The molecule has 0 radical (unpaired) electrons. The van der Waals surface area contributed by atoms with E-state index in [-0.39, 0.29) is 11.9 Å². The van der Waals surface area contributed by atoms with E-state index in [1.165, 1.54) is 0 Å². The number of carbonyl (C=O) groups excluding carboxylic acids is 1. The fraction of sp³-hybridized carbons (Fsp3) is 0.250. The molecule has 3 rings (SSSR count). The Morgan fingerprint density at radius 1 is 1.00 bits per heavy atom. The van der Waals surface area contributed by atoms with E-state index >= 15 is 0 Å². The predicted octanol–water partition coefficient (Wildman–Crippen LogP) is 4.28. The van der Waals surface area contributed by atoms with Crippen LogP contribution in [-0.2, 0) is 4.79 Å². The van der Waals surface area contributed by atoms with Gasteiger partial charge in [-0.15, -0.1) is 0 Å². The maximum absolute atomic E-state index is 12.2. The summed E-state index contributed by atoms with van der Waals surface area (Å²) >= 11 is 0. The minimum atomic E-state index is 0.0552. The highest BCUT2D eigenvalue weighted by atomic mass is 16.5. The summed E-state index contributed by atoms with van der Waals surface area (Å²) in [5.74, 6) is 1.89. The Labute approximate surface area is 136 Å². The lowest BCUT2D eigenvalue weighted by molar-refractivity contribution is -0.117.